The molecule has 0 saturated carbocycles. The molecule has 0 radical (unpaired) electrons. The Morgan fingerprint density at radius 3 is 1.36 bits per heavy atom. The van der Waals surface area contributed by atoms with Crippen molar-refractivity contribution in [3.63, 3.8) is 0 Å². The zero-order valence-electron chi connectivity index (χ0n) is 15.0. The summed E-state index contributed by atoms with van der Waals surface area (Å²) in [6, 6.07) is 6.10. The Balaban J connectivity index is 4.72. The van der Waals surface area contributed by atoms with Gasteiger partial charge in [-0.05, 0) is 7.05 Å². The largest absolute Gasteiger partial charge is 0.380 e. The third kappa shape index (κ3) is 13.3. The second-order valence-electron chi connectivity index (χ2n) is 5.54. The first-order chi connectivity index (χ1) is 12.2. The SMILES string of the molecule is CNCCOCC(COCCC#N)(COCCC#N)COCCC#N. The Bertz CT molecular complexity index is 384. The molecule has 0 bridgehead atoms. The van der Waals surface area contributed by atoms with E-state index >= 15 is 0 Å². The smallest absolute Gasteiger partial charge is 0.0645 e. The summed E-state index contributed by atoms with van der Waals surface area (Å²) in [6.07, 6.45) is 0.920. The minimum absolute atomic E-state index is 0.307. The minimum atomic E-state index is -0.548. The quantitative estimate of drug-likeness (QED) is 0.385. The van der Waals surface area contributed by atoms with E-state index in [0.717, 1.165) is 6.54 Å². The molecule has 0 aromatic carbocycles. The van der Waals surface area contributed by atoms with Gasteiger partial charge in [-0.15, -0.1) is 0 Å². The third-order valence-corrected chi connectivity index (χ3v) is 3.20. The van der Waals surface area contributed by atoms with E-state index in [1.54, 1.807) is 0 Å². The van der Waals surface area contributed by atoms with Crippen molar-refractivity contribution in [3.05, 3.63) is 0 Å². The van der Waals surface area contributed by atoms with Gasteiger partial charge in [0.05, 0.1) is 95.7 Å². The number of rotatable bonds is 17. The molecule has 8 nitrogen and oxygen atoms in total. The first kappa shape index (κ1) is 23.3. The predicted molar refractivity (Wildman–Crippen MR) is 90.3 cm³/mol. The van der Waals surface area contributed by atoms with Crippen molar-refractivity contribution in [2.24, 2.45) is 5.41 Å². The van der Waals surface area contributed by atoms with Gasteiger partial charge in [0, 0.05) is 6.54 Å². The van der Waals surface area contributed by atoms with E-state index < -0.39 is 5.41 Å². The molecule has 0 atom stereocenters. The Morgan fingerprint density at radius 1 is 0.680 bits per heavy atom. The van der Waals surface area contributed by atoms with Crippen LogP contribution in [0.25, 0.3) is 0 Å². The Morgan fingerprint density at radius 2 is 1.04 bits per heavy atom. The molecule has 0 aliphatic rings. The van der Waals surface area contributed by atoms with Gasteiger partial charge in [-0.3, -0.25) is 0 Å². The number of nitriles is 3. The lowest BCUT2D eigenvalue weighted by molar-refractivity contribution is -0.104. The summed E-state index contributed by atoms with van der Waals surface area (Å²) in [5.41, 5.74) is -0.548. The maximum atomic E-state index is 8.62. The molecule has 0 amide bonds. The molecule has 0 aliphatic carbocycles. The van der Waals surface area contributed by atoms with Gasteiger partial charge in [-0.1, -0.05) is 0 Å². The summed E-state index contributed by atoms with van der Waals surface area (Å²) in [7, 11) is 1.84. The van der Waals surface area contributed by atoms with Crippen LogP contribution in [0.5, 0.6) is 0 Å². The number of ether oxygens (including phenoxy) is 4. The summed E-state index contributed by atoms with van der Waals surface area (Å²) in [4.78, 5) is 0. The lowest BCUT2D eigenvalue weighted by Gasteiger charge is -2.32. The lowest BCUT2D eigenvalue weighted by Crippen LogP contribution is -2.42. The van der Waals surface area contributed by atoms with Crippen LogP contribution in [0, 0.1) is 39.4 Å². The number of hydrogen-bond acceptors (Lipinski definition) is 8. The summed E-state index contributed by atoms with van der Waals surface area (Å²) >= 11 is 0. The lowest BCUT2D eigenvalue weighted by atomic mass is 9.92. The molecular formula is C17H28N4O4. The van der Waals surface area contributed by atoms with Crippen LogP contribution in [0.15, 0.2) is 0 Å². The van der Waals surface area contributed by atoms with Crippen molar-refractivity contribution in [2.75, 3.05) is 66.4 Å². The highest BCUT2D eigenvalue weighted by atomic mass is 16.5. The van der Waals surface area contributed by atoms with Gasteiger partial charge >= 0.3 is 0 Å². The maximum absolute atomic E-state index is 8.62. The number of likely N-dealkylation sites (N-methyl/N-ethyl adjacent to an activating group) is 1. The second kappa shape index (κ2) is 17.1. The number of nitrogens with one attached hydrogen (secondary N) is 1. The van der Waals surface area contributed by atoms with E-state index in [2.05, 4.69) is 5.32 Å². The summed E-state index contributed by atoms with van der Waals surface area (Å²) in [6.45, 7) is 3.53. The molecule has 0 fully saturated rings. The molecule has 0 aromatic heterocycles. The Labute approximate surface area is 150 Å². The molecule has 0 heterocycles. The minimum Gasteiger partial charge on any atom is -0.380 e. The molecule has 0 unspecified atom stereocenters. The standard InChI is InChI=1S/C17H28N4O4/c1-21-8-12-25-16-17(13-22-9-2-5-18,14-23-10-3-6-19)15-24-11-4-7-20/h21H,2-4,8-16H2,1H3. The molecule has 140 valence electrons. The van der Waals surface area contributed by atoms with Crippen LogP contribution < -0.4 is 5.32 Å². The Kier molecular flexibility index (Phi) is 15.9. The van der Waals surface area contributed by atoms with Gasteiger partial charge in [0.15, 0.2) is 0 Å². The fourth-order valence-corrected chi connectivity index (χ4v) is 1.93. The van der Waals surface area contributed by atoms with Crippen molar-refractivity contribution in [3.8, 4) is 18.2 Å². The van der Waals surface area contributed by atoms with E-state index in [0.29, 0.717) is 72.1 Å². The first-order valence-corrected chi connectivity index (χ1v) is 8.31. The van der Waals surface area contributed by atoms with Crippen LogP contribution in [-0.2, 0) is 18.9 Å². The fourth-order valence-electron chi connectivity index (χ4n) is 1.93. The Hall–Kier alpha value is -1.73. The second-order valence-corrected chi connectivity index (χ2v) is 5.54. The summed E-state index contributed by atoms with van der Waals surface area (Å²) < 4.78 is 22.5. The predicted octanol–water partition coefficient (Wildman–Crippen LogP) is 1.000. The molecule has 8 heteroatoms. The highest BCUT2D eigenvalue weighted by molar-refractivity contribution is 4.81. The number of hydrogen-bond donors (Lipinski definition) is 1. The topological polar surface area (TPSA) is 120 Å². The van der Waals surface area contributed by atoms with Gasteiger partial charge in [0.1, 0.15) is 0 Å². The van der Waals surface area contributed by atoms with Crippen LogP contribution >= 0.6 is 0 Å². The van der Waals surface area contributed by atoms with E-state index in [9.17, 15) is 0 Å². The molecule has 0 aromatic rings. The van der Waals surface area contributed by atoms with Gasteiger partial charge in [0.2, 0.25) is 0 Å². The normalized spacial score (nSPS) is 10.8. The van der Waals surface area contributed by atoms with E-state index in [1.807, 2.05) is 25.3 Å². The third-order valence-electron chi connectivity index (χ3n) is 3.20. The summed E-state index contributed by atoms with van der Waals surface area (Å²) in [5.74, 6) is 0. The fraction of sp³-hybridized carbons (Fsp3) is 0.824. The van der Waals surface area contributed by atoms with Gasteiger partial charge in [0.25, 0.3) is 0 Å². The molecule has 0 rings (SSSR count). The van der Waals surface area contributed by atoms with Crippen molar-refractivity contribution >= 4 is 0 Å². The van der Waals surface area contributed by atoms with Crippen LogP contribution in [0.4, 0.5) is 0 Å². The van der Waals surface area contributed by atoms with Crippen molar-refractivity contribution < 1.29 is 18.9 Å². The van der Waals surface area contributed by atoms with Crippen LogP contribution in [0.3, 0.4) is 0 Å². The summed E-state index contributed by atoms with van der Waals surface area (Å²) in [5, 5.41) is 28.9. The molecule has 0 aliphatic heterocycles. The van der Waals surface area contributed by atoms with Gasteiger partial charge in [-0.25, -0.2) is 0 Å². The van der Waals surface area contributed by atoms with E-state index in [-0.39, 0.29) is 0 Å². The van der Waals surface area contributed by atoms with Crippen molar-refractivity contribution in [2.45, 2.75) is 19.3 Å². The molecule has 0 saturated heterocycles. The zero-order chi connectivity index (χ0) is 18.6. The first-order valence-electron chi connectivity index (χ1n) is 8.31. The molecule has 1 N–H and O–H groups in total. The average Bonchev–Trinajstić information content (AvgIpc) is 2.63. The maximum Gasteiger partial charge on any atom is 0.0645 e. The monoisotopic (exact) mass is 352 g/mol. The zero-order valence-corrected chi connectivity index (χ0v) is 15.0. The number of nitrogens with zero attached hydrogens (tertiary/aromatic N) is 3. The van der Waals surface area contributed by atoms with E-state index in [1.165, 1.54) is 0 Å². The van der Waals surface area contributed by atoms with Crippen molar-refractivity contribution in [1.82, 2.24) is 5.32 Å². The van der Waals surface area contributed by atoms with Gasteiger partial charge in [-0.2, -0.15) is 15.8 Å². The van der Waals surface area contributed by atoms with Crippen molar-refractivity contribution in [1.29, 1.82) is 15.8 Å². The molecule has 25 heavy (non-hydrogen) atoms. The van der Waals surface area contributed by atoms with Crippen LogP contribution in [0.2, 0.25) is 0 Å². The van der Waals surface area contributed by atoms with Crippen LogP contribution in [-0.4, -0.2) is 66.4 Å². The van der Waals surface area contributed by atoms with Crippen LogP contribution in [0.1, 0.15) is 19.3 Å². The highest BCUT2D eigenvalue weighted by Crippen LogP contribution is 2.21. The average molecular weight is 352 g/mol. The van der Waals surface area contributed by atoms with E-state index in [4.69, 9.17) is 34.7 Å². The molecular weight excluding hydrogens is 324 g/mol. The molecule has 0 spiro atoms. The van der Waals surface area contributed by atoms with Gasteiger partial charge < -0.3 is 24.3 Å². The highest BCUT2D eigenvalue weighted by Gasteiger charge is 2.32.